The SMILES string of the molecule is CC(C)COC(=O)NC([C]=O)c1cccs1. The van der Waals surface area contributed by atoms with Gasteiger partial charge in [-0.05, 0) is 17.4 Å². The maximum Gasteiger partial charge on any atom is 0.408 e. The van der Waals surface area contributed by atoms with Gasteiger partial charge in [0, 0.05) is 4.88 Å². The Morgan fingerprint density at radius 3 is 2.88 bits per heavy atom. The molecule has 0 aliphatic carbocycles. The molecule has 1 aromatic rings. The van der Waals surface area contributed by atoms with Crippen molar-refractivity contribution in [2.24, 2.45) is 5.92 Å². The molecule has 1 N–H and O–H groups in total. The third kappa shape index (κ3) is 4.02. The summed E-state index contributed by atoms with van der Waals surface area (Å²) in [5, 5.41) is 4.28. The molecule has 0 aliphatic rings. The standard InChI is InChI=1S/C11H14NO3S/c1-8(2)7-15-11(14)12-9(6-13)10-4-3-5-16-10/h3-5,8-9H,7H2,1-2H3,(H,12,14). The zero-order valence-electron chi connectivity index (χ0n) is 9.23. The Bertz CT molecular complexity index is 335. The highest BCUT2D eigenvalue weighted by atomic mass is 32.1. The van der Waals surface area contributed by atoms with Gasteiger partial charge in [0.05, 0.1) is 6.61 Å². The molecule has 0 aliphatic heterocycles. The van der Waals surface area contributed by atoms with Crippen LogP contribution in [-0.4, -0.2) is 19.0 Å². The number of thiophene rings is 1. The van der Waals surface area contributed by atoms with E-state index in [-0.39, 0.29) is 5.92 Å². The Labute approximate surface area is 98.6 Å². The van der Waals surface area contributed by atoms with Gasteiger partial charge in [0.1, 0.15) is 6.04 Å². The minimum atomic E-state index is -0.736. The van der Waals surface area contributed by atoms with E-state index >= 15 is 0 Å². The number of carbonyl (C=O) groups is 1. The summed E-state index contributed by atoms with van der Waals surface area (Å²) in [5.74, 6) is 0.270. The molecule has 1 aromatic heterocycles. The lowest BCUT2D eigenvalue weighted by atomic mass is 10.2. The molecular formula is C11H14NO3S. The predicted octanol–water partition coefficient (Wildman–Crippen LogP) is 2.28. The van der Waals surface area contributed by atoms with E-state index in [0.29, 0.717) is 6.61 Å². The normalized spacial score (nSPS) is 12.2. The summed E-state index contributed by atoms with van der Waals surface area (Å²) in [6.07, 6.45) is 1.18. The molecule has 1 heterocycles. The monoisotopic (exact) mass is 240 g/mol. The summed E-state index contributed by atoms with van der Waals surface area (Å²) in [7, 11) is 0. The van der Waals surface area contributed by atoms with Crippen LogP contribution in [0.25, 0.3) is 0 Å². The van der Waals surface area contributed by atoms with E-state index in [4.69, 9.17) is 4.74 Å². The third-order valence-corrected chi connectivity index (χ3v) is 2.69. The van der Waals surface area contributed by atoms with E-state index < -0.39 is 12.1 Å². The van der Waals surface area contributed by atoms with Crippen LogP contribution in [0.2, 0.25) is 0 Å². The van der Waals surface area contributed by atoms with Crippen LogP contribution in [0, 0.1) is 5.92 Å². The van der Waals surface area contributed by atoms with Crippen LogP contribution >= 0.6 is 11.3 Å². The van der Waals surface area contributed by atoms with Crippen molar-refractivity contribution < 1.29 is 14.3 Å². The van der Waals surface area contributed by atoms with Gasteiger partial charge in [-0.25, -0.2) is 4.79 Å². The summed E-state index contributed by atoms with van der Waals surface area (Å²) >= 11 is 1.39. The van der Waals surface area contributed by atoms with E-state index in [2.05, 4.69) is 5.32 Å². The summed E-state index contributed by atoms with van der Waals surface area (Å²) in [4.78, 5) is 22.7. The van der Waals surface area contributed by atoms with E-state index in [1.807, 2.05) is 25.3 Å². The van der Waals surface area contributed by atoms with Crippen LogP contribution in [0.1, 0.15) is 24.8 Å². The van der Waals surface area contributed by atoms with Gasteiger partial charge in [-0.2, -0.15) is 0 Å². The van der Waals surface area contributed by atoms with Crippen molar-refractivity contribution in [2.45, 2.75) is 19.9 Å². The first kappa shape index (κ1) is 12.7. The van der Waals surface area contributed by atoms with Crippen molar-refractivity contribution in [1.82, 2.24) is 5.32 Å². The van der Waals surface area contributed by atoms with Crippen LogP contribution in [-0.2, 0) is 9.53 Å². The lowest BCUT2D eigenvalue weighted by Crippen LogP contribution is -2.30. The first-order valence-electron chi connectivity index (χ1n) is 4.98. The van der Waals surface area contributed by atoms with Crippen molar-refractivity contribution in [2.75, 3.05) is 6.61 Å². The molecular weight excluding hydrogens is 226 g/mol. The minimum absolute atomic E-state index is 0.270. The molecule has 5 heteroatoms. The van der Waals surface area contributed by atoms with Crippen molar-refractivity contribution in [3.8, 4) is 0 Å². The second kappa shape index (κ2) is 6.27. The number of hydrogen-bond donors (Lipinski definition) is 1. The number of amides is 1. The molecule has 0 saturated heterocycles. The quantitative estimate of drug-likeness (QED) is 0.859. The average molecular weight is 240 g/mol. The van der Waals surface area contributed by atoms with Gasteiger partial charge in [0.25, 0.3) is 0 Å². The highest BCUT2D eigenvalue weighted by molar-refractivity contribution is 7.10. The third-order valence-electron chi connectivity index (χ3n) is 1.76. The predicted molar refractivity (Wildman–Crippen MR) is 62.1 cm³/mol. The highest BCUT2D eigenvalue weighted by Gasteiger charge is 2.16. The Kier molecular flexibility index (Phi) is 4.98. The molecule has 1 amide bonds. The smallest absolute Gasteiger partial charge is 0.408 e. The number of ether oxygens (including phenoxy) is 1. The molecule has 16 heavy (non-hydrogen) atoms. The van der Waals surface area contributed by atoms with Gasteiger partial charge in [-0.1, -0.05) is 19.9 Å². The number of nitrogens with one attached hydrogen (secondary N) is 1. The second-order valence-electron chi connectivity index (χ2n) is 3.70. The molecule has 1 atom stereocenters. The summed E-state index contributed by atoms with van der Waals surface area (Å²) in [6, 6.07) is 2.84. The first-order chi connectivity index (χ1) is 7.63. The van der Waals surface area contributed by atoms with E-state index in [1.54, 1.807) is 12.4 Å². The van der Waals surface area contributed by atoms with Crippen LogP contribution in [0.3, 0.4) is 0 Å². The zero-order valence-corrected chi connectivity index (χ0v) is 10.0. The van der Waals surface area contributed by atoms with Crippen LogP contribution < -0.4 is 5.32 Å². The lowest BCUT2D eigenvalue weighted by molar-refractivity contribution is 0.131. The summed E-state index contributed by atoms with van der Waals surface area (Å²) in [6.45, 7) is 4.22. The van der Waals surface area contributed by atoms with Gasteiger partial charge in [-0.3, -0.25) is 4.79 Å². The fraction of sp³-hybridized carbons (Fsp3) is 0.455. The molecule has 1 rings (SSSR count). The highest BCUT2D eigenvalue weighted by Crippen LogP contribution is 2.17. The molecule has 0 spiro atoms. The Balaban J connectivity index is 2.45. The van der Waals surface area contributed by atoms with Crippen molar-refractivity contribution in [1.29, 1.82) is 0 Å². The molecule has 0 fully saturated rings. The topological polar surface area (TPSA) is 55.4 Å². The van der Waals surface area contributed by atoms with Crippen molar-refractivity contribution >= 4 is 23.7 Å². The Morgan fingerprint density at radius 1 is 1.62 bits per heavy atom. The fourth-order valence-electron chi connectivity index (χ4n) is 1.02. The molecule has 1 radical (unpaired) electrons. The van der Waals surface area contributed by atoms with E-state index in [1.165, 1.54) is 11.3 Å². The summed E-state index contributed by atoms with van der Waals surface area (Å²) in [5.41, 5.74) is 0. The van der Waals surface area contributed by atoms with Crippen LogP contribution in [0.4, 0.5) is 4.79 Å². The van der Waals surface area contributed by atoms with Gasteiger partial charge in [0.15, 0.2) is 0 Å². The lowest BCUT2D eigenvalue weighted by Gasteiger charge is -2.11. The molecule has 1 unspecified atom stereocenters. The van der Waals surface area contributed by atoms with Crippen molar-refractivity contribution in [3.05, 3.63) is 22.4 Å². The fourth-order valence-corrected chi connectivity index (χ4v) is 1.73. The van der Waals surface area contributed by atoms with Gasteiger partial charge in [-0.15, -0.1) is 11.3 Å². The molecule has 0 bridgehead atoms. The number of carbonyl (C=O) groups excluding carboxylic acids is 2. The van der Waals surface area contributed by atoms with Gasteiger partial charge >= 0.3 is 6.09 Å². The molecule has 87 valence electrons. The number of hydrogen-bond acceptors (Lipinski definition) is 4. The average Bonchev–Trinajstić information content (AvgIpc) is 2.76. The van der Waals surface area contributed by atoms with Gasteiger partial charge < -0.3 is 10.1 Å². The summed E-state index contributed by atoms with van der Waals surface area (Å²) < 4.78 is 4.91. The van der Waals surface area contributed by atoms with Gasteiger partial charge in [0.2, 0.25) is 6.29 Å². The van der Waals surface area contributed by atoms with E-state index in [0.717, 1.165) is 4.88 Å². The second-order valence-corrected chi connectivity index (χ2v) is 4.68. The maximum atomic E-state index is 11.3. The van der Waals surface area contributed by atoms with Crippen molar-refractivity contribution in [3.63, 3.8) is 0 Å². The number of alkyl carbamates (subject to hydrolysis) is 1. The first-order valence-corrected chi connectivity index (χ1v) is 5.85. The van der Waals surface area contributed by atoms with Crippen LogP contribution in [0.5, 0.6) is 0 Å². The van der Waals surface area contributed by atoms with E-state index in [9.17, 15) is 9.59 Å². The number of rotatable bonds is 5. The molecule has 0 saturated carbocycles. The zero-order chi connectivity index (χ0) is 12.0. The Hall–Kier alpha value is -1.36. The maximum absolute atomic E-state index is 11.3. The minimum Gasteiger partial charge on any atom is -0.449 e. The van der Waals surface area contributed by atoms with Crippen LogP contribution in [0.15, 0.2) is 17.5 Å². The molecule has 0 aromatic carbocycles. The largest absolute Gasteiger partial charge is 0.449 e. The Morgan fingerprint density at radius 2 is 2.38 bits per heavy atom. The molecule has 4 nitrogen and oxygen atoms in total.